The highest BCUT2D eigenvalue weighted by atomic mass is 16.7. The number of esters is 2. The van der Waals surface area contributed by atoms with Crippen LogP contribution in [0.5, 0.6) is 5.75 Å². The SMILES string of the molecule is COC(=O)c1cn(CC2OCCO2)c(C(=O)OC)c(OCc2ccccc2)c1=O. The highest BCUT2D eigenvalue weighted by Crippen LogP contribution is 2.20. The number of hydrogen-bond donors (Lipinski definition) is 0. The molecule has 0 N–H and O–H groups in total. The highest BCUT2D eigenvalue weighted by molar-refractivity contribution is 5.94. The molecule has 1 saturated heterocycles. The molecule has 9 nitrogen and oxygen atoms in total. The van der Waals surface area contributed by atoms with Gasteiger partial charge in [0.1, 0.15) is 12.2 Å². The molecule has 1 aromatic heterocycles. The summed E-state index contributed by atoms with van der Waals surface area (Å²) < 4.78 is 27.4. The molecule has 0 radical (unpaired) electrons. The molecule has 0 bridgehead atoms. The lowest BCUT2D eigenvalue weighted by Gasteiger charge is -2.19. The summed E-state index contributed by atoms with van der Waals surface area (Å²) in [5.74, 6) is -1.95. The lowest BCUT2D eigenvalue weighted by Crippen LogP contribution is -2.29. The number of pyridine rings is 1. The molecule has 29 heavy (non-hydrogen) atoms. The maximum atomic E-state index is 12.9. The van der Waals surface area contributed by atoms with Crippen LogP contribution >= 0.6 is 0 Å². The Balaban J connectivity index is 2.08. The Labute approximate surface area is 166 Å². The van der Waals surface area contributed by atoms with Gasteiger partial charge in [-0.25, -0.2) is 9.59 Å². The maximum Gasteiger partial charge on any atom is 0.358 e. The fourth-order valence-electron chi connectivity index (χ4n) is 2.88. The van der Waals surface area contributed by atoms with Crippen LogP contribution in [0.1, 0.15) is 26.4 Å². The molecule has 0 aliphatic carbocycles. The molecule has 0 atom stereocenters. The number of hydrogen-bond acceptors (Lipinski definition) is 8. The predicted octanol–water partition coefficient (Wildman–Crippen LogP) is 1.37. The van der Waals surface area contributed by atoms with Crippen molar-refractivity contribution in [3.63, 3.8) is 0 Å². The summed E-state index contributed by atoms with van der Waals surface area (Å²) in [6.07, 6.45) is 0.578. The van der Waals surface area contributed by atoms with Gasteiger partial charge in [-0.3, -0.25) is 4.79 Å². The van der Waals surface area contributed by atoms with Crippen LogP contribution in [0.2, 0.25) is 0 Å². The third kappa shape index (κ3) is 4.64. The van der Waals surface area contributed by atoms with Crippen LogP contribution < -0.4 is 10.2 Å². The molecule has 3 rings (SSSR count). The van der Waals surface area contributed by atoms with E-state index in [-0.39, 0.29) is 30.2 Å². The van der Waals surface area contributed by atoms with E-state index in [2.05, 4.69) is 0 Å². The lowest BCUT2D eigenvalue weighted by molar-refractivity contribution is -0.0531. The van der Waals surface area contributed by atoms with Crippen molar-refractivity contribution in [2.24, 2.45) is 0 Å². The van der Waals surface area contributed by atoms with Gasteiger partial charge in [0.15, 0.2) is 17.7 Å². The molecule has 0 spiro atoms. The monoisotopic (exact) mass is 403 g/mol. The molecule has 0 unspecified atom stereocenters. The van der Waals surface area contributed by atoms with Crippen molar-refractivity contribution in [3.8, 4) is 5.75 Å². The van der Waals surface area contributed by atoms with Gasteiger partial charge in [-0.2, -0.15) is 0 Å². The molecule has 2 heterocycles. The molecule has 9 heteroatoms. The molecule has 2 aromatic rings. The van der Waals surface area contributed by atoms with Crippen molar-refractivity contribution in [1.29, 1.82) is 0 Å². The van der Waals surface area contributed by atoms with Crippen LogP contribution in [0.3, 0.4) is 0 Å². The van der Waals surface area contributed by atoms with Crippen molar-refractivity contribution in [2.75, 3.05) is 27.4 Å². The zero-order valence-corrected chi connectivity index (χ0v) is 16.1. The zero-order chi connectivity index (χ0) is 20.8. The Morgan fingerprint density at radius 2 is 1.72 bits per heavy atom. The quantitative estimate of drug-likeness (QED) is 0.639. The molecule has 1 aliphatic rings. The standard InChI is InChI=1S/C20H21NO8/c1-25-19(23)14-10-21(11-15-27-8-9-28-15)16(20(24)26-2)18(17(14)22)29-12-13-6-4-3-5-7-13/h3-7,10,15H,8-9,11-12H2,1-2H3. The fraction of sp³-hybridized carbons (Fsp3) is 0.350. The topological polar surface area (TPSA) is 102 Å². The number of ether oxygens (including phenoxy) is 5. The lowest BCUT2D eigenvalue weighted by atomic mass is 10.2. The Kier molecular flexibility index (Phi) is 6.63. The third-order valence-corrected chi connectivity index (χ3v) is 4.28. The predicted molar refractivity (Wildman–Crippen MR) is 99.8 cm³/mol. The van der Waals surface area contributed by atoms with E-state index < -0.39 is 23.7 Å². The normalized spacial score (nSPS) is 13.9. The molecule has 154 valence electrons. The minimum atomic E-state index is -0.849. The van der Waals surface area contributed by atoms with E-state index in [1.165, 1.54) is 17.9 Å². The summed E-state index contributed by atoms with van der Waals surface area (Å²) in [6, 6.07) is 9.09. The van der Waals surface area contributed by atoms with Crippen LogP contribution in [0.25, 0.3) is 0 Å². The largest absolute Gasteiger partial charge is 0.482 e. The van der Waals surface area contributed by atoms with Gasteiger partial charge in [0.25, 0.3) is 0 Å². The molecule has 0 amide bonds. The van der Waals surface area contributed by atoms with Gasteiger partial charge < -0.3 is 28.3 Å². The minimum absolute atomic E-state index is 0.0150. The second-order valence-corrected chi connectivity index (χ2v) is 6.13. The van der Waals surface area contributed by atoms with Gasteiger partial charge in [-0.05, 0) is 5.56 Å². The van der Waals surface area contributed by atoms with Crippen LogP contribution in [0, 0.1) is 0 Å². The van der Waals surface area contributed by atoms with Gasteiger partial charge in [-0.1, -0.05) is 30.3 Å². The third-order valence-electron chi connectivity index (χ3n) is 4.28. The van der Waals surface area contributed by atoms with Gasteiger partial charge in [0.05, 0.1) is 34.0 Å². The van der Waals surface area contributed by atoms with E-state index in [4.69, 9.17) is 23.7 Å². The maximum absolute atomic E-state index is 12.9. The van der Waals surface area contributed by atoms with E-state index >= 15 is 0 Å². The first-order valence-corrected chi connectivity index (χ1v) is 8.89. The van der Waals surface area contributed by atoms with Crippen LogP contribution in [-0.4, -0.2) is 50.2 Å². The van der Waals surface area contributed by atoms with Crippen molar-refractivity contribution < 1.29 is 33.3 Å². The fourth-order valence-corrected chi connectivity index (χ4v) is 2.88. The van der Waals surface area contributed by atoms with Gasteiger partial charge in [0, 0.05) is 6.20 Å². The smallest absolute Gasteiger partial charge is 0.358 e. The first-order valence-electron chi connectivity index (χ1n) is 8.89. The summed E-state index contributed by atoms with van der Waals surface area (Å²) in [4.78, 5) is 37.5. The van der Waals surface area contributed by atoms with E-state index in [1.807, 2.05) is 18.2 Å². The van der Waals surface area contributed by atoms with Crippen molar-refractivity contribution in [3.05, 3.63) is 63.6 Å². The molecule has 0 saturated carbocycles. The van der Waals surface area contributed by atoms with E-state index in [1.54, 1.807) is 12.1 Å². The second kappa shape index (κ2) is 9.35. The number of rotatable bonds is 7. The van der Waals surface area contributed by atoms with Crippen molar-refractivity contribution in [1.82, 2.24) is 4.57 Å². The zero-order valence-electron chi connectivity index (χ0n) is 16.1. The summed E-state index contributed by atoms with van der Waals surface area (Å²) >= 11 is 0. The van der Waals surface area contributed by atoms with Crippen molar-refractivity contribution >= 4 is 11.9 Å². The summed E-state index contributed by atoms with van der Waals surface area (Å²) in [6.45, 7) is 0.872. The Morgan fingerprint density at radius 3 is 2.34 bits per heavy atom. The molecule has 1 aliphatic heterocycles. The number of carbonyl (C=O) groups excluding carboxylic acids is 2. The summed E-state index contributed by atoms with van der Waals surface area (Å²) in [5, 5.41) is 0. The Morgan fingerprint density at radius 1 is 1.07 bits per heavy atom. The number of methoxy groups -OCH3 is 2. The van der Waals surface area contributed by atoms with E-state index in [0.717, 1.165) is 12.7 Å². The highest BCUT2D eigenvalue weighted by Gasteiger charge is 2.29. The van der Waals surface area contributed by atoms with Crippen molar-refractivity contribution in [2.45, 2.75) is 19.4 Å². The second-order valence-electron chi connectivity index (χ2n) is 6.13. The molecular weight excluding hydrogens is 382 g/mol. The summed E-state index contributed by atoms with van der Waals surface area (Å²) in [5.41, 5.74) is -0.403. The summed E-state index contributed by atoms with van der Waals surface area (Å²) in [7, 11) is 2.35. The van der Waals surface area contributed by atoms with Crippen LogP contribution in [-0.2, 0) is 32.1 Å². The number of nitrogens with zero attached hydrogens (tertiary/aromatic N) is 1. The van der Waals surface area contributed by atoms with Gasteiger partial charge in [-0.15, -0.1) is 0 Å². The molecule has 1 aromatic carbocycles. The Bertz CT molecular complexity index is 931. The Hall–Kier alpha value is -3.17. The van der Waals surface area contributed by atoms with Crippen LogP contribution in [0.4, 0.5) is 0 Å². The van der Waals surface area contributed by atoms with E-state index in [9.17, 15) is 14.4 Å². The number of aromatic nitrogens is 1. The average molecular weight is 403 g/mol. The molecular formula is C20H21NO8. The average Bonchev–Trinajstić information content (AvgIpc) is 3.26. The number of carbonyl (C=O) groups is 2. The minimum Gasteiger partial charge on any atom is -0.482 e. The first-order chi connectivity index (χ1) is 14.0. The van der Waals surface area contributed by atoms with Gasteiger partial charge >= 0.3 is 11.9 Å². The molecule has 1 fully saturated rings. The van der Waals surface area contributed by atoms with E-state index in [0.29, 0.717) is 13.2 Å². The van der Waals surface area contributed by atoms with Crippen LogP contribution in [0.15, 0.2) is 41.3 Å². The first kappa shape index (κ1) is 20.6. The van der Waals surface area contributed by atoms with Gasteiger partial charge in [0.2, 0.25) is 5.43 Å². The number of benzene rings is 1.